The van der Waals surface area contributed by atoms with Crippen molar-refractivity contribution < 1.29 is 9.59 Å². The zero-order chi connectivity index (χ0) is 21.5. The van der Waals surface area contributed by atoms with Gasteiger partial charge in [0.05, 0.1) is 5.69 Å². The number of hydrogen-bond donors (Lipinski definition) is 2. The number of anilines is 3. The molecule has 0 aliphatic heterocycles. The summed E-state index contributed by atoms with van der Waals surface area (Å²) in [5, 5.41) is 8.85. The topological polar surface area (TPSA) is 84.0 Å². The minimum absolute atomic E-state index is 0.0417. The summed E-state index contributed by atoms with van der Waals surface area (Å²) in [5.74, 6) is -0.240. The van der Waals surface area contributed by atoms with Crippen molar-refractivity contribution in [3.05, 3.63) is 90.1 Å². The van der Waals surface area contributed by atoms with Gasteiger partial charge >= 0.3 is 0 Å². The SMILES string of the molecule is O=C(CCC(=O)c1ccccc1)Nc1cccc(Nc2nc(-c3ccncc3)cs2)c1. The molecule has 0 spiro atoms. The van der Waals surface area contributed by atoms with Crippen LogP contribution in [0.1, 0.15) is 23.2 Å². The Morgan fingerprint density at radius 2 is 1.65 bits per heavy atom. The van der Waals surface area contributed by atoms with Crippen molar-refractivity contribution in [1.29, 1.82) is 0 Å². The van der Waals surface area contributed by atoms with Crippen LogP contribution in [0.5, 0.6) is 0 Å². The zero-order valence-electron chi connectivity index (χ0n) is 16.6. The molecule has 0 fully saturated rings. The first-order valence-electron chi connectivity index (χ1n) is 9.78. The molecule has 0 unspecified atom stereocenters. The van der Waals surface area contributed by atoms with Crippen LogP contribution in [0, 0.1) is 0 Å². The third kappa shape index (κ3) is 5.61. The van der Waals surface area contributed by atoms with Gasteiger partial charge in [-0.25, -0.2) is 4.98 Å². The quantitative estimate of drug-likeness (QED) is 0.360. The second kappa shape index (κ2) is 9.77. The molecule has 0 bridgehead atoms. The largest absolute Gasteiger partial charge is 0.331 e. The van der Waals surface area contributed by atoms with Crippen LogP contribution in [0.3, 0.4) is 0 Å². The number of carbonyl (C=O) groups is 2. The van der Waals surface area contributed by atoms with Crippen molar-refractivity contribution in [2.24, 2.45) is 0 Å². The number of Topliss-reactive ketones (excluding diaryl/α,β-unsaturated/α-hetero) is 1. The van der Waals surface area contributed by atoms with Gasteiger partial charge in [-0.2, -0.15) is 0 Å². The summed E-state index contributed by atoms with van der Waals surface area (Å²) in [7, 11) is 0. The van der Waals surface area contributed by atoms with E-state index in [1.807, 2.05) is 60.0 Å². The number of thiazole rings is 1. The number of pyridine rings is 1. The third-order valence-electron chi connectivity index (χ3n) is 4.55. The number of hydrogen-bond acceptors (Lipinski definition) is 6. The van der Waals surface area contributed by atoms with Crippen LogP contribution < -0.4 is 10.6 Å². The van der Waals surface area contributed by atoms with Gasteiger partial charge in [0.15, 0.2) is 10.9 Å². The first-order valence-corrected chi connectivity index (χ1v) is 10.7. The number of rotatable bonds is 8. The molecule has 0 aliphatic rings. The van der Waals surface area contributed by atoms with Gasteiger partial charge in [0, 0.05) is 53.1 Å². The summed E-state index contributed by atoms with van der Waals surface area (Å²) in [6.07, 6.45) is 3.78. The molecule has 2 heterocycles. The lowest BCUT2D eigenvalue weighted by Crippen LogP contribution is -2.13. The predicted molar refractivity (Wildman–Crippen MR) is 124 cm³/mol. The van der Waals surface area contributed by atoms with Crippen LogP contribution in [-0.4, -0.2) is 21.7 Å². The van der Waals surface area contributed by atoms with Gasteiger partial charge in [-0.1, -0.05) is 36.4 Å². The normalized spacial score (nSPS) is 10.5. The van der Waals surface area contributed by atoms with Crippen molar-refractivity contribution in [2.45, 2.75) is 12.8 Å². The van der Waals surface area contributed by atoms with Crippen LogP contribution in [0.25, 0.3) is 11.3 Å². The lowest BCUT2D eigenvalue weighted by molar-refractivity contribution is -0.116. The van der Waals surface area contributed by atoms with E-state index in [9.17, 15) is 9.59 Å². The average molecular weight is 429 g/mol. The maximum absolute atomic E-state index is 12.3. The van der Waals surface area contributed by atoms with Crippen molar-refractivity contribution in [2.75, 3.05) is 10.6 Å². The van der Waals surface area contributed by atoms with E-state index in [1.54, 1.807) is 24.5 Å². The summed E-state index contributed by atoms with van der Waals surface area (Å²) in [4.78, 5) is 33.1. The molecular weight excluding hydrogens is 408 g/mol. The highest BCUT2D eigenvalue weighted by atomic mass is 32.1. The molecule has 6 nitrogen and oxygen atoms in total. The maximum Gasteiger partial charge on any atom is 0.224 e. The molecule has 0 atom stereocenters. The van der Waals surface area contributed by atoms with Gasteiger partial charge in [-0.15, -0.1) is 11.3 Å². The first kappa shape index (κ1) is 20.4. The number of aromatic nitrogens is 2. The fourth-order valence-electron chi connectivity index (χ4n) is 3.00. The Labute approximate surface area is 184 Å². The minimum Gasteiger partial charge on any atom is -0.331 e. The van der Waals surface area contributed by atoms with Crippen molar-refractivity contribution in [3.8, 4) is 11.3 Å². The Morgan fingerprint density at radius 1 is 0.871 bits per heavy atom. The molecule has 4 aromatic rings. The average Bonchev–Trinajstić information content (AvgIpc) is 3.27. The molecular formula is C24H20N4O2S. The van der Waals surface area contributed by atoms with E-state index in [4.69, 9.17) is 0 Å². The number of nitrogens with zero attached hydrogens (tertiary/aromatic N) is 2. The van der Waals surface area contributed by atoms with E-state index in [2.05, 4.69) is 20.6 Å². The molecule has 0 aliphatic carbocycles. The lowest BCUT2D eigenvalue weighted by atomic mass is 10.1. The van der Waals surface area contributed by atoms with Gasteiger partial charge in [0.1, 0.15) is 0 Å². The van der Waals surface area contributed by atoms with Crippen LogP contribution in [-0.2, 0) is 4.79 Å². The fraction of sp³-hybridized carbons (Fsp3) is 0.0833. The Hall–Kier alpha value is -3.84. The fourth-order valence-corrected chi connectivity index (χ4v) is 3.74. The number of amides is 1. The smallest absolute Gasteiger partial charge is 0.224 e. The van der Waals surface area contributed by atoms with Gasteiger partial charge in [-0.3, -0.25) is 14.6 Å². The molecule has 31 heavy (non-hydrogen) atoms. The molecule has 2 aromatic carbocycles. The highest BCUT2D eigenvalue weighted by molar-refractivity contribution is 7.14. The van der Waals surface area contributed by atoms with E-state index < -0.39 is 0 Å². The van der Waals surface area contributed by atoms with Crippen LogP contribution in [0.2, 0.25) is 0 Å². The van der Waals surface area contributed by atoms with E-state index in [1.165, 1.54) is 11.3 Å². The monoisotopic (exact) mass is 428 g/mol. The second-order valence-electron chi connectivity index (χ2n) is 6.82. The maximum atomic E-state index is 12.3. The van der Waals surface area contributed by atoms with Gasteiger partial charge in [-0.05, 0) is 30.3 Å². The van der Waals surface area contributed by atoms with Crippen LogP contribution in [0.15, 0.2) is 84.5 Å². The molecule has 4 rings (SSSR count). The van der Waals surface area contributed by atoms with E-state index >= 15 is 0 Å². The van der Waals surface area contributed by atoms with Gasteiger partial charge < -0.3 is 10.6 Å². The summed E-state index contributed by atoms with van der Waals surface area (Å²) < 4.78 is 0. The minimum atomic E-state index is -0.198. The van der Waals surface area contributed by atoms with Crippen molar-refractivity contribution in [1.82, 2.24) is 9.97 Å². The highest BCUT2D eigenvalue weighted by Crippen LogP contribution is 2.27. The standard InChI is InChI=1S/C24H20N4O2S/c29-22(18-5-2-1-3-6-18)9-10-23(30)26-19-7-4-8-20(15-19)27-24-28-21(16-31-24)17-11-13-25-14-12-17/h1-8,11-16H,9-10H2,(H,26,30)(H,27,28). The number of carbonyl (C=O) groups excluding carboxylic acids is 2. The molecule has 0 radical (unpaired) electrons. The Morgan fingerprint density at radius 3 is 2.45 bits per heavy atom. The van der Waals surface area contributed by atoms with E-state index in [0.29, 0.717) is 11.3 Å². The number of benzene rings is 2. The predicted octanol–water partition coefficient (Wildman–Crippen LogP) is 5.55. The highest BCUT2D eigenvalue weighted by Gasteiger charge is 2.10. The molecule has 2 aromatic heterocycles. The van der Waals surface area contributed by atoms with Crippen LogP contribution >= 0.6 is 11.3 Å². The number of ketones is 1. The van der Waals surface area contributed by atoms with Gasteiger partial charge in [0.25, 0.3) is 0 Å². The Balaban J connectivity index is 1.33. The summed E-state index contributed by atoms with van der Waals surface area (Å²) >= 11 is 1.50. The molecule has 7 heteroatoms. The molecule has 2 N–H and O–H groups in total. The lowest BCUT2D eigenvalue weighted by Gasteiger charge is -2.08. The van der Waals surface area contributed by atoms with E-state index in [-0.39, 0.29) is 24.5 Å². The van der Waals surface area contributed by atoms with Gasteiger partial charge in [0.2, 0.25) is 5.91 Å². The molecule has 1 amide bonds. The zero-order valence-corrected chi connectivity index (χ0v) is 17.4. The van der Waals surface area contributed by atoms with Crippen LogP contribution in [0.4, 0.5) is 16.5 Å². The van der Waals surface area contributed by atoms with Crippen molar-refractivity contribution >= 4 is 39.5 Å². The summed E-state index contributed by atoms with van der Waals surface area (Å²) in [6, 6.07) is 20.2. The summed E-state index contributed by atoms with van der Waals surface area (Å²) in [5.41, 5.74) is 3.98. The summed E-state index contributed by atoms with van der Waals surface area (Å²) in [6.45, 7) is 0. The molecule has 154 valence electrons. The Kier molecular flexibility index (Phi) is 6.44. The van der Waals surface area contributed by atoms with Crippen molar-refractivity contribution in [3.63, 3.8) is 0 Å². The first-order chi connectivity index (χ1) is 15.2. The Bertz CT molecular complexity index is 1180. The third-order valence-corrected chi connectivity index (χ3v) is 5.31. The molecule has 0 saturated carbocycles. The van der Waals surface area contributed by atoms with E-state index in [0.717, 1.165) is 22.1 Å². The second-order valence-corrected chi connectivity index (χ2v) is 7.68. The number of nitrogens with one attached hydrogen (secondary N) is 2. The molecule has 0 saturated heterocycles.